The maximum Gasteiger partial charge on any atom is 0.223 e. The Balaban J connectivity index is 1.94. The molecule has 0 saturated carbocycles. The number of nitrogens with zero attached hydrogens (tertiary/aromatic N) is 1. The van der Waals surface area contributed by atoms with Gasteiger partial charge in [-0.3, -0.25) is 4.79 Å². The smallest absolute Gasteiger partial charge is 0.223 e. The van der Waals surface area contributed by atoms with Gasteiger partial charge >= 0.3 is 0 Å². The first-order valence-electron chi connectivity index (χ1n) is 7.29. The highest BCUT2D eigenvalue weighted by molar-refractivity contribution is 7.98. The van der Waals surface area contributed by atoms with Crippen LogP contribution in [0.5, 0.6) is 0 Å². The van der Waals surface area contributed by atoms with Gasteiger partial charge in [-0.1, -0.05) is 6.92 Å². The van der Waals surface area contributed by atoms with Crippen molar-refractivity contribution in [2.45, 2.75) is 63.6 Å². The van der Waals surface area contributed by atoms with Crippen molar-refractivity contribution in [2.24, 2.45) is 0 Å². The lowest BCUT2D eigenvalue weighted by atomic mass is 9.97. The molecule has 2 aliphatic heterocycles. The summed E-state index contributed by atoms with van der Waals surface area (Å²) < 4.78 is 0. The third kappa shape index (κ3) is 3.41. The van der Waals surface area contributed by atoms with Crippen LogP contribution in [0.15, 0.2) is 0 Å². The Morgan fingerprint density at radius 2 is 2.00 bits per heavy atom. The molecule has 18 heavy (non-hydrogen) atoms. The summed E-state index contributed by atoms with van der Waals surface area (Å²) in [6.45, 7) is 3.11. The maximum absolute atomic E-state index is 12.3. The van der Waals surface area contributed by atoms with Crippen LogP contribution in [0.3, 0.4) is 0 Å². The van der Waals surface area contributed by atoms with Gasteiger partial charge < -0.3 is 10.2 Å². The fourth-order valence-electron chi connectivity index (χ4n) is 3.37. The summed E-state index contributed by atoms with van der Waals surface area (Å²) in [5.41, 5.74) is 0. The van der Waals surface area contributed by atoms with E-state index >= 15 is 0 Å². The topological polar surface area (TPSA) is 32.3 Å². The highest BCUT2D eigenvalue weighted by Crippen LogP contribution is 2.30. The van der Waals surface area contributed by atoms with Crippen LogP contribution in [0, 0.1) is 0 Å². The number of thioether (sulfide) groups is 1. The fourth-order valence-corrected chi connectivity index (χ4v) is 3.75. The molecule has 0 spiro atoms. The van der Waals surface area contributed by atoms with Crippen LogP contribution in [0.25, 0.3) is 0 Å². The molecule has 2 fully saturated rings. The molecule has 4 heteroatoms. The van der Waals surface area contributed by atoms with Gasteiger partial charge in [0.1, 0.15) is 0 Å². The highest BCUT2D eigenvalue weighted by Gasteiger charge is 2.37. The predicted molar refractivity (Wildman–Crippen MR) is 78.0 cm³/mol. The van der Waals surface area contributed by atoms with Gasteiger partial charge in [0.25, 0.3) is 0 Å². The van der Waals surface area contributed by atoms with E-state index in [4.69, 9.17) is 0 Å². The van der Waals surface area contributed by atoms with Crippen LogP contribution in [-0.4, -0.2) is 47.5 Å². The molecule has 1 N–H and O–H groups in total. The van der Waals surface area contributed by atoms with E-state index in [-0.39, 0.29) is 0 Å². The Hall–Kier alpha value is -0.220. The number of fused-ring (bicyclic) bond motifs is 2. The number of nitrogens with one attached hydrogen (secondary N) is 1. The van der Waals surface area contributed by atoms with Crippen LogP contribution in [0.2, 0.25) is 0 Å². The van der Waals surface area contributed by atoms with E-state index in [0.717, 1.165) is 18.7 Å². The number of rotatable bonds is 6. The Morgan fingerprint density at radius 3 is 2.56 bits per heavy atom. The van der Waals surface area contributed by atoms with Crippen molar-refractivity contribution in [1.82, 2.24) is 10.2 Å². The summed E-state index contributed by atoms with van der Waals surface area (Å²) in [6.07, 6.45) is 8.80. The normalized spacial score (nSPS) is 30.4. The zero-order valence-corrected chi connectivity index (χ0v) is 12.5. The van der Waals surface area contributed by atoms with Crippen molar-refractivity contribution in [1.29, 1.82) is 0 Å². The number of hydrogen-bond acceptors (Lipinski definition) is 3. The third-order valence-electron chi connectivity index (χ3n) is 4.19. The molecule has 2 bridgehead atoms. The molecule has 0 aromatic heterocycles. The van der Waals surface area contributed by atoms with Crippen LogP contribution >= 0.6 is 11.8 Å². The van der Waals surface area contributed by atoms with Gasteiger partial charge in [-0.2, -0.15) is 11.8 Å². The Kier molecular flexibility index (Phi) is 5.37. The Labute approximate surface area is 115 Å². The first-order chi connectivity index (χ1) is 8.74. The second kappa shape index (κ2) is 6.80. The molecule has 0 aromatic carbocycles. The summed E-state index contributed by atoms with van der Waals surface area (Å²) in [5.74, 6) is 1.33. The molecule has 2 heterocycles. The number of hydrogen-bond donors (Lipinski definition) is 1. The summed E-state index contributed by atoms with van der Waals surface area (Å²) in [6, 6.07) is 1.83. The van der Waals surface area contributed by atoms with Gasteiger partial charge in [-0.05, 0) is 38.4 Å². The number of carbonyl (C=O) groups is 1. The fraction of sp³-hybridized carbons (Fsp3) is 0.929. The van der Waals surface area contributed by atoms with E-state index < -0.39 is 0 Å². The van der Waals surface area contributed by atoms with E-state index in [1.165, 1.54) is 25.7 Å². The molecule has 104 valence electrons. The minimum absolute atomic E-state index is 0.373. The minimum atomic E-state index is 0.373. The van der Waals surface area contributed by atoms with Crippen LogP contribution in [0.4, 0.5) is 0 Å². The molecular weight excluding hydrogens is 244 g/mol. The third-order valence-corrected chi connectivity index (χ3v) is 4.81. The predicted octanol–water partition coefficient (Wildman–Crippen LogP) is 2.26. The zero-order valence-electron chi connectivity index (χ0n) is 11.7. The van der Waals surface area contributed by atoms with Gasteiger partial charge in [-0.25, -0.2) is 0 Å². The lowest BCUT2D eigenvalue weighted by Crippen LogP contribution is -2.50. The second-order valence-electron chi connectivity index (χ2n) is 5.59. The van der Waals surface area contributed by atoms with Gasteiger partial charge in [0.15, 0.2) is 0 Å². The molecule has 0 aliphatic carbocycles. The first-order valence-corrected chi connectivity index (χ1v) is 8.68. The van der Waals surface area contributed by atoms with Crippen molar-refractivity contribution in [3.63, 3.8) is 0 Å². The average Bonchev–Trinajstić information content (AvgIpc) is 2.72. The van der Waals surface area contributed by atoms with Crippen molar-refractivity contribution >= 4 is 17.7 Å². The standard InChI is InChI=1S/C14H26N2OS/c1-3-7-16(14(17)6-8-18-2)13-9-11-4-5-12(10-13)15-11/h11-13,15H,3-10H2,1-2H3. The molecule has 2 saturated heterocycles. The van der Waals surface area contributed by atoms with Gasteiger partial charge in [0.05, 0.1) is 0 Å². The minimum Gasteiger partial charge on any atom is -0.340 e. The highest BCUT2D eigenvalue weighted by atomic mass is 32.2. The van der Waals surface area contributed by atoms with E-state index in [1.54, 1.807) is 11.8 Å². The maximum atomic E-state index is 12.3. The molecule has 2 atom stereocenters. The Bertz CT molecular complexity index is 273. The van der Waals surface area contributed by atoms with Crippen molar-refractivity contribution < 1.29 is 4.79 Å². The molecule has 2 aliphatic rings. The lowest BCUT2D eigenvalue weighted by molar-refractivity contribution is -0.133. The summed E-state index contributed by atoms with van der Waals surface area (Å²) in [4.78, 5) is 14.5. The van der Waals surface area contributed by atoms with Gasteiger partial charge in [-0.15, -0.1) is 0 Å². The van der Waals surface area contributed by atoms with E-state index in [1.807, 2.05) is 0 Å². The van der Waals surface area contributed by atoms with Crippen molar-refractivity contribution in [3.05, 3.63) is 0 Å². The van der Waals surface area contributed by atoms with Crippen LogP contribution in [0.1, 0.15) is 45.4 Å². The molecule has 3 nitrogen and oxygen atoms in total. The van der Waals surface area contributed by atoms with E-state index in [9.17, 15) is 4.79 Å². The molecule has 0 aromatic rings. The van der Waals surface area contributed by atoms with Crippen molar-refractivity contribution in [3.8, 4) is 0 Å². The molecule has 2 rings (SSSR count). The van der Waals surface area contributed by atoms with E-state index in [2.05, 4.69) is 23.4 Å². The van der Waals surface area contributed by atoms with Crippen LogP contribution < -0.4 is 5.32 Å². The zero-order chi connectivity index (χ0) is 13.0. The average molecular weight is 270 g/mol. The summed E-state index contributed by atoms with van der Waals surface area (Å²) >= 11 is 1.77. The van der Waals surface area contributed by atoms with Crippen LogP contribution in [-0.2, 0) is 4.79 Å². The molecule has 1 amide bonds. The molecule has 2 unspecified atom stereocenters. The summed E-state index contributed by atoms with van der Waals surface area (Å²) in [5, 5.41) is 3.66. The Morgan fingerprint density at radius 1 is 1.33 bits per heavy atom. The van der Waals surface area contributed by atoms with E-state index in [0.29, 0.717) is 30.5 Å². The second-order valence-corrected chi connectivity index (χ2v) is 6.58. The summed E-state index contributed by atoms with van der Waals surface area (Å²) in [7, 11) is 0. The molecular formula is C14H26N2OS. The quantitative estimate of drug-likeness (QED) is 0.803. The van der Waals surface area contributed by atoms with Gasteiger partial charge in [0.2, 0.25) is 5.91 Å². The lowest BCUT2D eigenvalue weighted by Gasteiger charge is -2.38. The SMILES string of the molecule is CCCN(C(=O)CCSC)C1CC2CCC(C1)N2. The first kappa shape index (κ1) is 14.2. The number of carbonyl (C=O) groups excluding carboxylic acids is 1. The largest absolute Gasteiger partial charge is 0.340 e. The molecule has 0 radical (unpaired) electrons. The number of piperidine rings is 1. The number of amides is 1. The van der Waals surface area contributed by atoms with Crippen molar-refractivity contribution in [2.75, 3.05) is 18.6 Å². The monoisotopic (exact) mass is 270 g/mol. The van der Waals surface area contributed by atoms with Gasteiger partial charge in [0, 0.05) is 36.8 Å².